The van der Waals surface area contributed by atoms with E-state index in [1.165, 1.54) is 13.2 Å². The molecule has 1 heterocycles. The minimum Gasteiger partial charge on any atom is -0.481 e. The van der Waals surface area contributed by atoms with Crippen molar-refractivity contribution >= 4 is 6.29 Å². The highest BCUT2D eigenvalue weighted by Gasteiger charge is 2.03. The van der Waals surface area contributed by atoms with Crippen LogP contribution in [-0.2, 0) is 6.61 Å². The van der Waals surface area contributed by atoms with Gasteiger partial charge < -0.3 is 9.84 Å². The van der Waals surface area contributed by atoms with Crippen molar-refractivity contribution in [1.82, 2.24) is 4.98 Å². The van der Waals surface area contributed by atoms with E-state index >= 15 is 0 Å². The molecule has 0 saturated heterocycles. The zero-order chi connectivity index (χ0) is 8.97. The standard InChI is InChI=1S/C8H9NO3/c1-12-8-6(4-10)2-3-7(5-11)9-8/h2-3,5,10H,4H2,1H3. The summed E-state index contributed by atoms with van der Waals surface area (Å²) in [5, 5.41) is 8.80. The third-order valence-electron chi connectivity index (χ3n) is 1.45. The quantitative estimate of drug-likeness (QED) is 0.662. The van der Waals surface area contributed by atoms with Crippen molar-refractivity contribution < 1.29 is 14.6 Å². The Labute approximate surface area is 69.8 Å². The molecule has 0 atom stereocenters. The average Bonchev–Trinajstić information content (AvgIpc) is 2.16. The van der Waals surface area contributed by atoms with E-state index in [1.54, 1.807) is 6.07 Å². The fourth-order valence-electron chi connectivity index (χ4n) is 0.846. The van der Waals surface area contributed by atoms with Crippen molar-refractivity contribution in [3.05, 3.63) is 23.4 Å². The van der Waals surface area contributed by atoms with Crippen molar-refractivity contribution in [1.29, 1.82) is 0 Å². The third-order valence-corrected chi connectivity index (χ3v) is 1.45. The van der Waals surface area contributed by atoms with Crippen LogP contribution in [0.5, 0.6) is 5.88 Å². The normalized spacial score (nSPS) is 9.50. The molecule has 0 fully saturated rings. The lowest BCUT2D eigenvalue weighted by molar-refractivity contribution is 0.111. The highest BCUT2D eigenvalue weighted by molar-refractivity contribution is 5.72. The SMILES string of the molecule is COc1nc(C=O)ccc1CO. The molecule has 0 aliphatic carbocycles. The number of pyridine rings is 1. The molecule has 0 unspecified atom stereocenters. The third kappa shape index (κ3) is 1.60. The fourth-order valence-corrected chi connectivity index (χ4v) is 0.846. The Hall–Kier alpha value is -1.42. The summed E-state index contributed by atoms with van der Waals surface area (Å²) in [5.74, 6) is 0.294. The monoisotopic (exact) mass is 167 g/mol. The van der Waals surface area contributed by atoms with Crippen LogP contribution in [-0.4, -0.2) is 23.5 Å². The second-order valence-corrected chi connectivity index (χ2v) is 2.18. The van der Waals surface area contributed by atoms with E-state index in [0.717, 1.165) is 0 Å². The number of aliphatic hydroxyl groups excluding tert-OH is 1. The highest BCUT2D eigenvalue weighted by Crippen LogP contribution is 2.14. The predicted molar refractivity (Wildman–Crippen MR) is 42.1 cm³/mol. The van der Waals surface area contributed by atoms with E-state index in [-0.39, 0.29) is 6.61 Å². The van der Waals surface area contributed by atoms with Gasteiger partial charge in [0.15, 0.2) is 6.29 Å². The molecule has 1 N–H and O–H groups in total. The van der Waals surface area contributed by atoms with E-state index in [2.05, 4.69) is 4.98 Å². The number of nitrogens with zero attached hydrogens (tertiary/aromatic N) is 1. The molecule has 1 aromatic rings. The van der Waals surface area contributed by atoms with Gasteiger partial charge in [0, 0.05) is 5.56 Å². The molecule has 4 nitrogen and oxygen atoms in total. The van der Waals surface area contributed by atoms with E-state index in [9.17, 15) is 4.79 Å². The molecule has 64 valence electrons. The molecular weight excluding hydrogens is 158 g/mol. The molecule has 0 spiro atoms. The number of aldehydes is 1. The van der Waals surface area contributed by atoms with Crippen LogP contribution in [0, 0.1) is 0 Å². The Bertz CT molecular complexity index is 286. The van der Waals surface area contributed by atoms with E-state index < -0.39 is 0 Å². The summed E-state index contributed by atoms with van der Waals surface area (Å²) in [6.45, 7) is -0.144. The molecular formula is C8H9NO3. The number of hydrogen-bond donors (Lipinski definition) is 1. The summed E-state index contributed by atoms with van der Waals surface area (Å²) in [5.41, 5.74) is 0.868. The first-order valence-electron chi connectivity index (χ1n) is 3.41. The minimum absolute atomic E-state index is 0.144. The predicted octanol–water partition coefficient (Wildman–Crippen LogP) is 0.395. The maximum atomic E-state index is 10.3. The smallest absolute Gasteiger partial charge is 0.219 e. The zero-order valence-electron chi connectivity index (χ0n) is 6.65. The van der Waals surface area contributed by atoms with Gasteiger partial charge in [0.1, 0.15) is 5.69 Å². The Morgan fingerprint density at radius 2 is 2.42 bits per heavy atom. The molecule has 0 aliphatic rings. The second kappa shape index (κ2) is 3.82. The van der Waals surface area contributed by atoms with E-state index in [0.29, 0.717) is 23.4 Å². The number of methoxy groups -OCH3 is 1. The summed E-state index contributed by atoms with van der Waals surface area (Å²) >= 11 is 0. The van der Waals surface area contributed by atoms with Crippen LogP contribution in [0.1, 0.15) is 16.1 Å². The Morgan fingerprint density at radius 1 is 1.67 bits per heavy atom. The summed E-state index contributed by atoms with van der Waals surface area (Å²) in [7, 11) is 1.44. The molecule has 0 radical (unpaired) electrons. The van der Waals surface area contributed by atoms with Gasteiger partial charge in [-0.3, -0.25) is 4.79 Å². The first-order valence-corrected chi connectivity index (χ1v) is 3.41. The van der Waals surface area contributed by atoms with Crippen LogP contribution < -0.4 is 4.74 Å². The lowest BCUT2D eigenvalue weighted by Crippen LogP contribution is -1.97. The molecule has 1 rings (SSSR count). The maximum Gasteiger partial charge on any atom is 0.219 e. The summed E-state index contributed by atoms with van der Waals surface area (Å²) < 4.78 is 4.85. The number of carbonyl (C=O) groups is 1. The topological polar surface area (TPSA) is 59.4 Å². The number of aliphatic hydroxyl groups is 1. The van der Waals surface area contributed by atoms with Crippen LogP contribution in [0.2, 0.25) is 0 Å². The van der Waals surface area contributed by atoms with Gasteiger partial charge in [-0.2, -0.15) is 0 Å². The van der Waals surface area contributed by atoms with Gasteiger partial charge in [0.05, 0.1) is 13.7 Å². The van der Waals surface area contributed by atoms with Crippen LogP contribution in [0.3, 0.4) is 0 Å². The first kappa shape index (κ1) is 8.67. The lowest BCUT2D eigenvalue weighted by atomic mass is 10.2. The number of carbonyl (C=O) groups excluding carboxylic acids is 1. The van der Waals surface area contributed by atoms with Crippen LogP contribution in [0.25, 0.3) is 0 Å². The molecule has 0 aliphatic heterocycles. The number of rotatable bonds is 3. The van der Waals surface area contributed by atoms with Gasteiger partial charge in [0.2, 0.25) is 5.88 Å². The summed E-state index contributed by atoms with van der Waals surface area (Å²) in [6, 6.07) is 3.14. The van der Waals surface area contributed by atoms with Crippen LogP contribution in [0.4, 0.5) is 0 Å². The van der Waals surface area contributed by atoms with Crippen molar-refractivity contribution in [3.63, 3.8) is 0 Å². The second-order valence-electron chi connectivity index (χ2n) is 2.18. The van der Waals surface area contributed by atoms with Crippen molar-refractivity contribution in [3.8, 4) is 5.88 Å². The van der Waals surface area contributed by atoms with Crippen molar-refractivity contribution in [2.45, 2.75) is 6.61 Å². The van der Waals surface area contributed by atoms with E-state index in [4.69, 9.17) is 9.84 Å². The van der Waals surface area contributed by atoms with Gasteiger partial charge >= 0.3 is 0 Å². The molecule has 0 saturated carbocycles. The lowest BCUT2D eigenvalue weighted by Gasteiger charge is -2.03. The van der Waals surface area contributed by atoms with Gasteiger partial charge in [-0.15, -0.1) is 0 Å². The zero-order valence-corrected chi connectivity index (χ0v) is 6.65. The summed E-state index contributed by atoms with van der Waals surface area (Å²) in [6.07, 6.45) is 0.629. The average molecular weight is 167 g/mol. The molecule has 0 aromatic carbocycles. The Balaban J connectivity index is 3.10. The molecule has 1 aromatic heterocycles. The molecule has 4 heteroatoms. The molecule has 12 heavy (non-hydrogen) atoms. The van der Waals surface area contributed by atoms with Crippen molar-refractivity contribution in [2.75, 3.05) is 7.11 Å². The maximum absolute atomic E-state index is 10.3. The molecule has 0 bridgehead atoms. The number of ether oxygens (including phenoxy) is 1. The van der Waals surface area contributed by atoms with Crippen LogP contribution in [0.15, 0.2) is 12.1 Å². The van der Waals surface area contributed by atoms with E-state index in [1.807, 2.05) is 0 Å². The van der Waals surface area contributed by atoms with Crippen molar-refractivity contribution in [2.24, 2.45) is 0 Å². The fraction of sp³-hybridized carbons (Fsp3) is 0.250. The number of hydrogen-bond acceptors (Lipinski definition) is 4. The highest BCUT2D eigenvalue weighted by atomic mass is 16.5. The first-order chi connectivity index (χ1) is 5.81. The van der Waals surface area contributed by atoms with Gasteiger partial charge in [-0.25, -0.2) is 4.98 Å². The minimum atomic E-state index is -0.144. The van der Waals surface area contributed by atoms with Gasteiger partial charge in [-0.05, 0) is 12.1 Å². The van der Waals surface area contributed by atoms with Crippen LogP contribution >= 0.6 is 0 Å². The number of aromatic nitrogens is 1. The van der Waals surface area contributed by atoms with Gasteiger partial charge in [0.25, 0.3) is 0 Å². The Kier molecular flexibility index (Phi) is 2.76. The van der Waals surface area contributed by atoms with Gasteiger partial charge in [-0.1, -0.05) is 0 Å². The molecule has 0 amide bonds. The largest absolute Gasteiger partial charge is 0.481 e. The Morgan fingerprint density at radius 3 is 2.92 bits per heavy atom. The summed E-state index contributed by atoms with van der Waals surface area (Å²) in [4.78, 5) is 14.1.